The first-order chi connectivity index (χ1) is 8.58. The summed E-state index contributed by atoms with van der Waals surface area (Å²) in [6.07, 6.45) is 2.06. The van der Waals surface area contributed by atoms with Gasteiger partial charge in [-0.2, -0.15) is 0 Å². The van der Waals surface area contributed by atoms with Crippen LogP contribution in [-0.4, -0.2) is 24.5 Å². The van der Waals surface area contributed by atoms with Crippen molar-refractivity contribution in [1.82, 2.24) is 10.6 Å². The lowest BCUT2D eigenvalue weighted by Crippen LogP contribution is -2.51. The summed E-state index contributed by atoms with van der Waals surface area (Å²) in [5.41, 5.74) is 0.471. The van der Waals surface area contributed by atoms with E-state index in [1.807, 2.05) is 0 Å². The molecule has 1 aromatic rings. The van der Waals surface area contributed by atoms with E-state index in [1.165, 1.54) is 0 Å². The molecular weight excluding hydrogens is 307 g/mol. The quantitative estimate of drug-likeness (QED) is 0.877. The molecular formula is C13H17Cl3N2O. The number of piperidine rings is 1. The molecule has 0 radical (unpaired) electrons. The van der Waals surface area contributed by atoms with E-state index in [4.69, 9.17) is 23.2 Å². The van der Waals surface area contributed by atoms with E-state index in [0.717, 1.165) is 19.4 Å². The highest BCUT2D eigenvalue weighted by molar-refractivity contribution is 6.36. The van der Waals surface area contributed by atoms with Gasteiger partial charge in [-0.3, -0.25) is 4.79 Å². The maximum absolute atomic E-state index is 12.1. The van der Waals surface area contributed by atoms with Crippen LogP contribution in [0.2, 0.25) is 10.0 Å². The Morgan fingerprint density at radius 3 is 2.79 bits per heavy atom. The average molecular weight is 324 g/mol. The standard InChI is InChI=1S/C13H16Cl2N2O.ClH/c1-8-12(3-2-6-16-8)17-13(18)10-5-4-9(14)7-11(10)15;/h4-5,7-8,12,16H,2-3,6H2,1H3,(H,17,18);1H. The fourth-order valence-corrected chi connectivity index (χ4v) is 2.66. The van der Waals surface area contributed by atoms with Crippen molar-refractivity contribution in [2.75, 3.05) is 6.54 Å². The fourth-order valence-electron chi connectivity index (χ4n) is 2.16. The molecule has 1 aromatic carbocycles. The topological polar surface area (TPSA) is 41.1 Å². The van der Waals surface area contributed by atoms with Gasteiger partial charge in [-0.15, -0.1) is 12.4 Å². The van der Waals surface area contributed by atoms with Crippen molar-refractivity contribution in [3.05, 3.63) is 33.8 Å². The normalized spacial score (nSPS) is 22.5. The average Bonchev–Trinajstić information content (AvgIpc) is 2.32. The minimum Gasteiger partial charge on any atom is -0.348 e. The second-order valence-corrected chi connectivity index (χ2v) is 5.43. The third-order valence-electron chi connectivity index (χ3n) is 3.25. The Morgan fingerprint density at radius 2 is 2.16 bits per heavy atom. The van der Waals surface area contributed by atoms with Crippen molar-refractivity contribution >= 4 is 41.5 Å². The first-order valence-electron chi connectivity index (χ1n) is 6.07. The van der Waals surface area contributed by atoms with Crippen LogP contribution in [0.5, 0.6) is 0 Å². The molecule has 1 fully saturated rings. The zero-order valence-corrected chi connectivity index (χ0v) is 12.9. The summed E-state index contributed by atoms with van der Waals surface area (Å²) in [7, 11) is 0. The molecule has 2 atom stereocenters. The fraction of sp³-hybridized carbons (Fsp3) is 0.462. The van der Waals surface area contributed by atoms with E-state index in [2.05, 4.69) is 17.6 Å². The lowest BCUT2D eigenvalue weighted by Gasteiger charge is -2.30. The van der Waals surface area contributed by atoms with Crippen LogP contribution in [0.3, 0.4) is 0 Å². The Balaban J connectivity index is 0.00000180. The third kappa shape index (κ3) is 4.25. The molecule has 0 saturated carbocycles. The van der Waals surface area contributed by atoms with Gasteiger partial charge in [-0.05, 0) is 44.5 Å². The molecule has 6 heteroatoms. The number of nitrogens with one attached hydrogen (secondary N) is 2. The predicted octanol–water partition coefficient (Wildman–Crippen LogP) is 3.29. The Bertz CT molecular complexity index is 454. The largest absolute Gasteiger partial charge is 0.348 e. The van der Waals surface area contributed by atoms with Gasteiger partial charge in [0.2, 0.25) is 0 Å². The zero-order valence-electron chi connectivity index (χ0n) is 10.6. The summed E-state index contributed by atoms with van der Waals surface area (Å²) in [5.74, 6) is -0.141. The molecule has 0 spiro atoms. The molecule has 3 nitrogen and oxygen atoms in total. The Hall–Kier alpha value is -0.480. The van der Waals surface area contributed by atoms with E-state index in [-0.39, 0.29) is 30.4 Å². The number of hydrogen-bond acceptors (Lipinski definition) is 2. The van der Waals surface area contributed by atoms with Gasteiger partial charge < -0.3 is 10.6 Å². The lowest BCUT2D eigenvalue weighted by atomic mass is 9.99. The van der Waals surface area contributed by atoms with Gasteiger partial charge in [0.15, 0.2) is 0 Å². The molecule has 2 unspecified atom stereocenters. The van der Waals surface area contributed by atoms with Crippen molar-refractivity contribution in [2.45, 2.75) is 31.8 Å². The van der Waals surface area contributed by atoms with Crippen LogP contribution in [0.15, 0.2) is 18.2 Å². The lowest BCUT2D eigenvalue weighted by molar-refractivity contribution is 0.0920. The molecule has 0 aliphatic carbocycles. The molecule has 1 amide bonds. The number of carbonyl (C=O) groups excluding carboxylic acids is 1. The van der Waals surface area contributed by atoms with E-state index in [0.29, 0.717) is 15.6 Å². The molecule has 2 rings (SSSR count). The van der Waals surface area contributed by atoms with Gasteiger partial charge in [0.05, 0.1) is 10.6 Å². The highest BCUT2D eigenvalue weighted by Gasteiger charge is 2.23. The summed E-state index contributed by atoms with van der Waals surface area (Å²) >= 11 is 11.8. The minimum absolute atomic E-state index is 0. The third-order valence-corrected chi connectivity index (χ3v) is 3.80. The van der Waals surface area contributed by atoms with Crippen molar-refractivity contribution in [3.8, 4) is 0 Å². The van der Waals surface area contributed by atoms with Gasteiger partial charge in [0.1, 0.15) is 0 Å². The molecule has 0 aromatic heterocycles. The molecule has 19 heavy (non-hydrogen) atoms. The van der Waals surface area contributed by atoms with Crippen molar-refractivity contribution in [2.24, 2.45) is 0 Å². The zero-order chi connectivity index (χ0) is 13.1. The number of amides is 1. The van der Waals surface area contributed by atoms with E-state index >= 15 is 0 Å². The van der Waals surface area contributed by atoms with Gasteiger partial charge in [0.25, 0.3) is 5.91 Å². The van der Waals surface area contributed by atoms with Gasteiger partial charge >= 0.3 is 0 Å². The van der Waals surface area contributed by atoms with Gasteiger partial charge in [-0.25, -0.2) is 0 Å². The van der Waals surface area contributed by atoms with Crippen molar-refractivity contribution < 1.29 is 4.79 Å². The summed E-state index contributed by atoms with van der Waals surface area (Å²) in [4.78, 5) is 12.1. The van der Waals surface area contributed by atoms with Crippen molar-refractivity contribution in [3.63, 3.8) is 0 Å². The molecule has 106 valence electrons. The minimum atomic E-state index is -0.141. The number of hydrogen-bond donors (Lipinski definition) is 2. The highest BCUT2D eigenvalue weighted by Crippen LogP contribution is 2.21. The van der Waals surface area contributed by atoms with E-state index in [1.54, 1.807) is 18.2 Å². The van der Waals surface area contributed by atoms with Crippen molar-refractivity contribution in [1.29, 1.82) is 0 Å². The first kappa shape index (κ1) is 16.6. The highest BCUT2D eigenvalue weighted by atomic mass is 35.5. The van der Waals surface area contributed by atoms with Crippen LogP contribution in [0, 0.1) is 0 Å². The number of benzene rings is 1. The van der Waals surface area contributed by atoms with Gasteiger partial charge in [-0.1, -0.05) is 23.2 Å². The maximum atomic E-state index is 12.1. The second-order valence-electron chi connectivity index (χ2n) is 4.59. The Kier molecular flexibility index (Phi) is 6.40. The summed E-state index contributed by atoms with van der Waals surface area (Å²) in [6, 6.07) is 5.35. The van der Waals surface area contributed by atoms with Crippen LogP contribution in [-0.2, 0) is 0 Å². The monoisotopic (exact) mass is 322 g/mol. The molecule has 0 bridgehead atoms. The molecule has 1 aliphatic heterocycles. The Labute approximate surface area is 129 Å². The summed E-state index contributed by atoms with van der Waals surface area (Å²) in [6.45, 7) is 3.09. The molecule has 2 N–H and O–H groups in total. The van der Waals surface area contributed by atoms with E-state index < -0.39 is 0 Å². The predicted molar refractivity (Wildman–Crippen MR) is 81.7 cm³/mol. The first-order valence-corrected chi connectivity index (χ1v) is 6.83. The van der Waals surface area contributed by atoms with Crippen LogP contribution in [0.4, 0.5) is 0 Å². The second kappa shape index (κ2) is 7.34. The summed E-state index contributed by atoms with van der Waals surface area (Å²) < 4.78 is 0. The molecule has 1 aliphatic rings. The SMILES string of the molecule is CC1NCCCC1NC(=O)c1ccc(Cl)cc1Cl.Cl. The van der Waals surface area contributed by atoms with Crippen LogP contribution in [0.1, 0.15) is 30.1 Å². The Morgan fingerprint density at radius 1 is 1.42 bits per heavy atom. The molecule has 1 saturated heterocycles. The summed E-state index contributed by atoms with van der Waals surface area (Å²) in [5, 5.41) is 7.28. The smallest absolute Gasteiger partial charge is 0.253 e. The number of rotatable bonds is 2. The van der Waals surface area contributed by atoms with Crippen LogP contribution in [0.25, 0.3) is 0 Å². The maximum Gasteiger partial charge on any atom is 0.253 e. The van der Waals surface area contributed by atoms with Gasteiger partial charge in [0, 0.05) is 17.1 Å². The van der Waals surface area contributed by atoms with Crippen LogP contribution >= 0.6 is 35.6 Å². The van der Waals surface area contributed by atoms with E-state index in [9.17, 15) is 4.79 Å². The molecule has 1 heterocycles. The number of halogens is 3. The van der Waals surface area contributed by atoms with Crippen LogP contribution < -0.4 is 10.6 Å². The number of carbonyl (C=O) groups is 1.